The monoisotopic (exact) mass is 404 g/mol. The molecule has 1 atom stereocenters. The van der Waals surface area contributed by atoms with Crippen molar-refractivity contribution >= 4 is 13.1 Å². The first-order valence-corrected chi connectivity index (χ1v) is 10.7. The maximum atomic E-state index is 11.7. The van der Waals surface area contributed by atoms with Crippen LogP contribution in [0, 0.1) is 0 Å². The lowest BCUT2D eigenvalue weighted by Gasteiger charge is -2.39. The van der Waals surface area contributed by atoms with Crippen LogP contribution < -0.4 is 5.73 Å². The number of hydrogen-bond donors (Lipinski definition) is 4. The van der Waals surface area contributed by atoms with Crippen LogP contribution >= 0.6 is 0 Å². The van der Waals surface area contributed by atoms with E-state index in [0.29, 0.717) is 32.3 Å². The molecule has 1 unspecified atom stereocenters. The largest absolute Gasteiger partial charge is 0.480 e. The number of hydrogen-bond acceptors (Lipinski definition) is 6. The summed E-state index contributed by atoms with van der Waals surface area (Å²) in [6.45, 7) is 3.40. The van der Waals surface area contributed by atoms with Crippen molar-refractivity contribution in [1.29, 1.82) is 0 Å². The summed E-state index contributed by atoms with van der Waals surface area (Å²) in [5.41, 5.74) is 7.39. The van der Waals surface area contributed by atoms with Gasteiger partial charge in [0.25, 0.3) is 0 Å². The van der Waals surface area contributed by atoms with Crippen LogP contribution in [0.4, 0.5) is 0 Å². The van der Waals surface area contributed by atoms with Gasteiger partial charge in [-0.15, -0.1) is 0 Å². The van der Waals surface area contributed by atoms with Gasteiger partial charge in [-0.1, -0.05) is 37.1 Å². The number of aliphatic carboxylic acids is 1. The Labute approximate surface area is 173 Å². The number of benzene rings is 1. The third kappa shape index (κ3) is 5.38. The van der Waals surface area contributed by atoms with E-state index >= 15 is 0 Å². The summed E-state index contributed by atoms with van der Waals surface area (Å²) in [7, 11) is -1.34. The highest BCUT2D eigenvalue weighted by molar-refractivity contribution is 6.40. The van der Waals surface area contributed by atoms with Crippen LogP contribution in [-0.2, 0) is 21.7 Å². The first-order valence-electron chi connectivity index (χ1n) is 10.7. The van der Waals surface area contributed by atoms with Crippen LogP contribution in [-0.4, -0.2) is 58.3 Å². The molecule has 0 aliphatic carbocycles. The Morgan fingerprint density at radius 1 is 1.17 bits per heavy atom. The van der Waals surface area contributed by atoms with Gasteiger partial charge in [0.1, 0.15) is 5.54 Å². The fraction of sp³-hybridized carbons (Fsp3) is 0.667. The Bertz CT molecular complexity index is 693. The van der Waals surface area contributed by atoms with Crippen molar-refractivity contribution in [3.05, 3.63) is 35.4 Å². The molecule has 2 heterocycles. The van der Waals surface area contributed by atoms with Crippen molar-refractivity contribution in [1.82, 2.24) is 4.90 Å². The number of carboxylic acids is 1. The summed E-state index contributed by atoms with van der Waals surface area (Å²) in [5, 5.41) is 27.4. The van der Waals surface area contributed by atoms with Crippen molar-refractivity contribution in [3.8, 4) is 0 Å². The number of unbranched alkanes of at least 4 members (excludes halogenated alkanes) is 1. The Morgan fingerprint density at radius 2 is 1.86 bits per heavy atom. The van der Waals surface area contributed by atoms with E-state index in [2.05, 4.69) is 29.2 Å². The van der Waals surface area contributed by atoms with Gasteiger partial charge in [0.15, 0.2) is 0 Å². The summed E-state index contributed by atoms with van der Waals surface area (Å²) in [4.78, 5) is 14.0. The molecule has 2 aliphatic rings. The molecule has 0 aromatic heterocycles. The quantitative estimate of drug-likeness (QED) is 0.347. The number of rotatable bonds is 10. The highest BCUT2D eigenvalue weighted by Gasteiger charge is 2.42. The Hall–Kier alpha value is -1.45. The molecule has 5 N–H and O–H groups in total. The zero-order chi connectivity index (χ0) is 20.9. The average Bonchev–Trinajstić information content (AvgIpc) is 3.05. The van der Waals surface area contributed by atoms with E-state index in [1.807, 2.05) is 0 Å². The summed E-state index contributed by atoms with van der Waals surface area (Å²) >= 11 is 0. The van der Waals surface area contributed by atoms with Gasteiger partial charge in [-0.2, -0.15) is 0 Å². The Morgan fingerprint density at radius 3 is 2.55 bits per heavy atom. The van der Waals surface area contributed by atoms with Gasteiger partial charge in [-0.25, -0.2) is 0 Å². The van der Waals surface area contributed by atoms with Crippen LogP contribution in [0.15, 0.2) is 24.3 Å². The number of carboxylic acid groups (broad SMARTS) is 1. The smallest absolute Gasteiger partial charge is 0.451 e. The predicted octanol–water partition coefficient (Wildman–Crippen LogP) is 1.71. The minimum absolute atomic E-state index is 0.150. The Kier molecular flexibility index (Phi) is 7.35. The topological polar surface area (TPSA) is 116 Å². The van der Waals surface area contributed by atoms with E-state index in [-0.39, 0.29) is 11.9 Å². The van der Waals surface area contributed by atoms with Gasteiger partial charge < -0.3 is 30.5 Å². The van der Waals surface area contributed by atoms with Gasteiger partial charge in [-0.3, -0.25) is 4.79 Å². The van der Waals surface area contributed by atoms with E-state index in [0.717, 1.165) is 38.9 Å². The zero-order valence-corrected chi connectivity index (χ0v) is 17.1. The van der Waals surface area contributed by atoms with Crippen molar-refractivity contribution in [2.75, 3.05) is 19.6 Å². The summed E-state index contributed by atoms with van der Waals surface area (Å²) in [6.07, 6.45) is 4.80. The molecule has 1 aromatic carbocycles. The fourth-order valence-corrected chi connectivity index (χ4v) is 4.66. The molecule has 1 spiro atoms. The van der Waals surface area contributed by atoms with Crippen molar-refractivity contribution in [2.45, 2.75) is 69.0 Å². The zero-order valence-electron chi connectivity index (χ0n) is 17.1. The molecule has 0 bridgehead atoms. The number of piperidine rings is 1. The molecule has 1 saturated heterocycles. The Balaban J connectivity index is 1.43. The molecule has 0 saturated carbocycles. The minimum atomic E-state index is -1.34. The SMILES string of the molecule is NC(CCCCB(O)O)(CCCN1CCC2(CC1)OCc1ccccc12)C(=O)O. The second kappa shape index (κ2) is 9.58. The van der Waals surface area contributed by atoms with Gasteiger partial charge in [-0.05, 0) is 56.1 Å². The van der Waals surface area contributed by atoms with Gasteiger partial charge in [0.2, 0.25) is 0 Å². The molecule has 0 radical (unpaired) electrons. The second-order valence-electron chi connectivity index (χ2n) is 8.57. The van der Waals surface area contributed by atoms with Gasteiger partial charge in [0.05, 0.1) is 12.2 Å². The van der Waals surface area contributed by atoms with Crippen LogP contribution in [0.25, 0.3) is 0 Å². The van der Waals surface area contributed by atoms with Crippen molar-refractivity contribution < 1.29 is 24.7 Å². The first-order chi connectivity index (χ1) is 13.8. The molecule has 160 valence electrons. The maximum absolute atomic E-state index is 11.7. The molecule has 29 heavy (non-hydrogen) atoms. The fourth-order valence-electron chi connectivity index (χ4n) is 4.66. The molecular formula is C21H33BN2O5. The third-order valence-corrected chi connectivity index (χ3v) is 6.53. The highest BCUT2D eigenvalue weighted by atomic mass is 16.5. The minimum Gasteiger partial charge on any atom is -0.480 e. The van der Waals surface area contributed by atoms with E-state index in [1.165, 1.54) is 11.1 Å². The number of likely N-dealkylation sites (tertiary alicyclic amines) is 1. The molecule has 8 heteroatoms. The number of nitrogens with zero attached hydrogens (tertiary/aromatic N) is 1. The van der Waals surface area contributed by atoms with Crippen LogP contribution in [0.5, 0.6) is 0 Å². The van der Waals surface area contributed by atoms with E-state index in [9.17, 15) is 9.90 Å². The van der Waals surface area contributed by atoms with Crippen molar-refractivity contribution in [3.63, 3.8) is 0 Å². The molecular weight excluding hydrogens is 371 g/mol. The molecule has 1 fully saturated rings. The van der Waals surface area contributed by atoms with Gasteiger partial charge >= 0.3 is 13.1 Å². The second-order valence-corrected chi connectivity index (χ2v) is 8.57. The number of fused-ring (bicyclic) bond motifs is 2. The summed E-state index contributed by atoms with van der Waals surface area (Å²) in [6, 6.07) is 8.47. The molecule has 2 aliphatic heterocycles. The van der Waals surface area contributed by atoms with Crippen LogP contribution in [0.3, 0.4) is 0 Å². The van der Waals surface area contributed by atoms with E-state index in [1.54, 1.807) is 0 Å². The van der Waals surface area contributed by atoms with Gasteiger partial charge in [0, 0.05) is 13.1 Å². The molecule has 7 nitrogen and oxygen atoms in total. The highest BCUT2D eigenvalue weighted by Crippen LogP contribution is 2.43. The standard InChI is InChI=1S/C21H33BN2O5/c23-20(19(25)26,8-3-4-12-22(27)28)9-5-13-24-14-10-21(11-15-24)18-7-2-1-6-17(18)16-29-21/h1-2,6-7,27-28H,3-5,8-16,23H2,(H,25,26). The number of nitrogens with two attached hydrogens (primary N) is 1. The lowest BCUT2D eigenvalue weighted by Crippen LogP contribution is -2.49. The number of carbonyl (C=O) groups is 1. The first kappa shape index (κ1) is 22.2. The van der Waals surface area contributed by atoms with Crippen LogP contribution in [0.1, 0.15) is 56.1 Å². The van der Waals surface area contributed by atoms with E-state index < -0.39 is 18.6 Å². The predicted molar refractivity (Wildman–Crippen MR) is 111 cm³/mol. The average molecular weight is 404 g/mol. The third-order valence-electron chi connectivity index (χ3n) is 6.53. The molecule has 0 amide bonds. The molecule has 1 aromatic rings. The summed E-state index contributed by atoms with van der Waals surface area (Å²) < 4.78 is 6.20. The van der Waals surface area contributed by atoms with Crippen LogP contribution in [0.2, 0.25) is 6.32 Å². The number of ether oxygens (including phenoxy) is 1. The summed E-state index contributed by atoms with van der Waals surface area (Å²) in [5.74, 6) is -0.976. The lowest BCUT2D eigenvalue weighted by molar-refractivity contribution is -0.144. The van der Waals surface area contributed by atoms with E-state index in [4.69, 9.17) is 20.5 Å². The maximum Gasteiger partial charge on any atom is 0.451 e. The lowest BCUT2D eigenvalue weighted by atomic mass is 9.81. The normalized spacial score (nSPS) is 20.4. The molecule has 3 rings (SSSR count). The van der Waals surface area contributed by atoms with Crippen molar-refractivity contribution in [2.24, 2.45) is 5.73 Å².